The molecule has 104 valence electrons. The molecule has 0 atom stereocenters. The van der Waals surface area contributed by atoms with E-state index in [0.717, 1.165) is 21.5 Å². The monoisotopic (exact) mass is 398 g/mol. The Morgan fingerprint density at radius 1 is 1.10 bits per heavy atom. The third-order valence-electron chi connectivity index (χ3n) is 3.83. The molecule has 0 aliphatic heterocycles. The van der Waals surface area contributed by atoms with Gasteiger partial charge in [-0.25, -0.2) is 9.97 Å². The van der Waals surface area contributed by atoms with Crippen LogP contribution in [0.25, 0.3) is 0 Å². The molecule has 1 aromatic carbocycles. The molecule has 0 radical (unpaired) electrons. The van der Waals surface area contributed by atoms with Crippen LogP contribution in [0.2, 0.25) is 5.15 Å². The molecule has 0 spiro atoms. The van der Waals surface area contributed by atoms with E-state index in [0.29, 0.717) is 11.1 Å². The Morgan fingerprint density at radius 3 is 2.50 bits per heavy atom. The highest BCUT2D eigenvalue weighted by molar-refractivity contribution is 14.1. The predicted molar refractivity (Wildman–Crippen MR) is 90.2 cm³/mol. The molecule has 3 rings (SSSR count). The molecule has 0 unspecified atom stereocenters. The summed E-state index contributed by atoms with van der Waals surface area (Å²) in [5.41, 5.74) is 2.39. The maximum absolute atomic E-state index is 6.31. The highest BCUT2D eigenvalue weighted by Gasteiger charge is 2.23. The second kappa shape index (κ2) is 6.39. The van der Waals surface area contributed by atoms with Crippen LogP contribution in [-0.4, -0.2) is 9.97 Å². The predicted octanol–water partition coefficient (Wildman–Crippen LogP) is 4.98. The molecule has 2 aromatic rings. The van der Waals surface area contributed by atoms with Gasteiger partial charge < -0.3 is 0 Å². The molecule has 1 fully saturated rings. The van der Waals surface area contributed by atoms with E-state index >= 15 is 0 Å². The van der Waals surface area contributed by atoms with E-state index in [-0.39, 0.29) is 0 Å². The quantitative estimate of drug-likeness (QED) is 0.538. The fourth-order valence-corrected chi connectivity index (χ4v) is 3.68. The van der Waals surface area contributed by atoms with Crippen LogP contribution in [-0.2, 0) is 6.42 Å². The zero-order chi connectivity index (χ0) is 13.9. The molecule has 1 aromatic heterocycles. The molecule has 1 aliphatic carbocycles. The summed E-state index contributed by atoms with van der Waals surface area (Å²) in [4.78, 5) is 9.25. The number of hydrogen-bond donors (Lipinski definition) is 0. The van der Waals surface area contributed by atoms with Crippen LogP contribution in [0, 0.1) is 3.57 Å². The van der Waals surface area contributed by atoms with Crippen LogP contribution in [0.3, 0.4) is 0 Å². The fourth-order valence-electron chi connectivity index (χ4n) is 2.81. The van der Waals surface area contributed by atoms with E-state index in [1.807, 2.05) is 18.2 Å². The standard InChI is InChI=1S/C16H16ClIN2/c17-16-14(18)15(12-8-4-5-9-12)19-13(20-16)10-11-6-2-1-3-7-11/h1-3,6-7,12H,4-5,8-10H2. The van der Waals surface area contributed by atoms with E-state index in [9.17, 15) is 0 Å². The molecule has 0 amide bonds. The number of benzene rings is 1. The van der Waals surface area contributed by atoms with Crippen molar-refractivity contribution in [2.75, 3.05) is 0 Å². The summed E-state index contributed by atoms with van der Waals surface area (Å²) in [6.45, 7) is 0. The van der Waals surface area contributed by atoms with Crippen molar-refractivity contribution in [3.8, 4) is 0 Å². The van der Waals surface area contributed by atoms with Gasteiger partial charge in [-0.1, -0.05) is 54.8 Å². The molecule has 0 N–H and O–H groups in total. The van der Waals surface area contributed by atoms with Crippen molar-refractivity contribution in [2.24, 2.45) is 0 Å². The number of hydrogen-bond acceptors (Lipinski definition) is 2. The van der Waals surface area contributed by atoms with Crippen molar-refractivity contribution in [3.05, 3.63) is 56.1 Å². The summed E-state index contributed by atoms with van der Waals surface area (Å²) < 4.78 is 1.04. The first kappa shape index (κ1) is 14.3. The highest BCUT2D eigenvalue weighted by atomic mass is 127. The van der Waals surface area contributed by atoms with Crippen LogP contribution in [0.5, 0.6) is 0 Å². The minimum absolute atomic E-state index is 0.567. The van der Waals surface area contributed by atoms with E-state index in [2.05, 4.69) is 39.7 Å². The summed E-state index contributed by atoms with van der Waals surface area (Å²) in [5.74, 6) is 1.40. The van der Waals surface area contributed by atoms with Crippen molar-refractivity contribution in [2.45, 2.75) is 38.0 Å². The number of nitrogens with zero attached hydrogens (tertiary/aromatic N) is 2. The van der Waals surface area contributed by atoms with Crippen LogP contribution < -0.4 is 0 Å². The van der Waals surface area contributed by atoms with Gasteiger partial charge in [-0.3, -0.25) is 0 Å². The van der Waals surface area contributed by atoms with Crippen LogP contribution in [0.4, 0.5) is 0 Å². The Bertz CT molecular complexity index is 595. The zero-order valence-electron chi connectivity index (χ0n) is 11.1. The summed E-state index contributed by atoms with van der Waals surface area (Å²) in [5, 5.41) is 0.605. The van der Waals surface area contributed by atoms with Gasteiger partial charge >= 0.3 is 0 Å². The largest absolute Gasteiger partial charge is 0.236 e. The van der Waals surface area contributed by atoms with Crippen molar-refractivity contribution >= 4 is 34.2 Å². The average molecular weight is 399 g/mol. The van der Waals surface area contributed by atoms with Crippen molar-refractivity contribution in [1.82, 2.24) is 9.97 Å². The minimum atomic E-state index is 0.567. The van der Waals surface area contributed by atoms with Crippen LogP contribution >= 0.6 is 34.2 Å². The second-order valence-electron chi connectivity index (χ2n) is 5.27. The number of halogens is 2. The molecular weight excluding hydrogens is 383 g/mol. The molecule has 4 heteroatoms. The second-order valence-corrected chi connectivity index (χ2v) is 6.71. The van der Waals surface area contributed by atoms with Crippen molar-refractivity contribution in [3.63, 3.8) is 0 Å². The Balaban J connectivity index is 1.92. The lowest BCUT2D eigenvalue weighted by Gasteiger charge is -2.13. The van der Waals surface area contributed by atoms with Gasteiger partial charge in [0.05, 0.1) is 9.26 Å². The molecule has 20 heavy (non-hydrogen) atoms. The Labute approximate surface area is 138 Å². The summed E-state index contributed by atoms with van der Waals surface area (Å²) in [7, 11) is 0. The summed E-state index contributed by atoms with van der Waals surface area (Å²) >= 11 is 8.59. The normalized spacial score (nSPS) is 15.7. The van der Waals surface area contributed by atoms with Gasteiger partial charge in [0.15, 0.2) is 0 Å². The fraction of sp³-hybridized carbons (Fsp3) is 0.375. The van der Waals surface area contributed by atoms with Crippen LogP contribution in [0.15, 0.2) is 30.3 Å². The van der Waals surface area contributed by atoms with Crippen molar-refractivity contribution < 1.29 is 0 Å². The van der Waals surface area contributed by atoms with Crippen molar-refractivity contribution in [1.29, 1.82) is 0 Å². The van der Waals surface area contributed by atoms with E-state index in [1.165, 1.54) is 31.2 Å². The molecule has 0 bridgehead atoms. The van der Waals surface area contributed by atoms with E-state index in [1.54, 1.807) is 0 Å². The third kappa shape index (κ3) is 3.14. The zero-order valence-corrected chi connectivity index (χ0v) is 14.1. The maximum atomic E-state index is 6.31. The average Bonchev–Trinajstić information content (AvgIpc) is 2.98. The summed E-state index contributed by atoms with van der Waals surface area (Å²) in [6.07, 6.45) is 5.81. The lowest BCUT2D eigenvalue weighted by Crippen LogP contribution is -2.07. The molecular formula is C16H16ClIN2. The van der Waals surface area contributed by atoms with Gasteiger partial charge in [0.1, 0.15) is 11.0 Å². The van der Waals surface area contributed by atoms with Gasteiger partial charge in [0.2, 0.25) is 0 Å². The molecule has 1 aliphatic rings. The Hall–Kier alpha value is -0.680. The Morgan fingerprint density at radius 2 is 1.80 bits per heavy atom. The number of rotatable bonds is 3. The lowest BCUT2D eigenvalue weighted by molar-refractivity contribution is 0.680. The van der Waals surface area contributed by atoms with Gasteiger partial charge in [-0.15, -0.1) is 0 Å². The SMILES string of the molecule is Clc1nc(Cc2ccccc2)nc(C2CCCC2)c1I. The van der Waals surface area contributed by atoms with E-state index in [4.69, 9.17) is 16.6 Å². The first-order chi connectivity index (χ1) is 9.74. The molecule has 2 nitrogen and oxygen atoms in total. The highest BCUT2D eigenvalue weighted by Crippen LogP contribution is 2.36. The first-order valence-electron chi connectivity index (χ1n) is 7.00. The molecule has 1 saturated carbocycles. The first-order valence-corrected chi connectivity index (χ1v) is 8.45. The van der Waals surface area contributed by atoms with Gasteiger partial charge in [-0.2, -0.15) is 0 Å². The number of aromatic nitrogens is 2. The van der Waals surface area contributed by atoms with Crippen LogP contribution in [0.1, 0.15) is 48.7 Å². The lowest BCUT2D eigenvalue weighted by atomic mass is 10.0. The topological polar surface area (TPSA) is 25.8 Å². The van der Waals surface area contributed by atoms with E-state index < -0.39 is 0 Å². The summed E-state index contributed by atoms with van der Waals surface area (Å²) in [6, 6.07) is 10.3. The van der Waals surface area contributed by atoms with Gasteiger partial charge in [0.25, 0.3) is 0 Å². The van der Waals surface area contributed by atoms with Gasteiger partial charge in [-0.05, 0) is 41.0 Å². The molecule has 1 heterocycles. The third-order valence-corrected chi connectivity index (χ3v) is 5.49. The molecule has 0 saturated heterocycles. The maximum Gasteiger partial charge on any atom is 0.146 e. The smallest absolute Gasteiger partial charge is 0.146 e. The Kier molecular flexibility index (Phi) is 4.56. The van der Waals surface area contributed by atoms with Gasteiger partial charge in [0, 0.05) is 12.3 Å². The minimum Gasteiger partial charge on any atom is -0.236 e.